The van der Waals surface area contributed by atoms with Gasteiger partial charge in [0.05, 0.1) is 13.2 Å². The fourth-order valence-corrected chi connectivity index (χ4v) is 2.97. The van der Waals surface area contributed by atoms with Crippen molar-refractivity contribution >= 4 is 5.91 Å². The molecule has 0 spiro atoms. The van der Waals surface area contributed by atoms with E-state index in [1.807, 2.05) is 35.2 Å². The summed E-state index contributed by atoms with van der Waals surface area (Å²) in [5.74, 6) is 1.50. The lowest BCUT2D eigenvalue weighted by Gasteiger charge is -2.36. The number of hydrogen-bond donors (Lipinski definition) is 0. The van der Waals surface area contributed by atoms with Gasteiger partial charge in [0.25, 0.3) is 0 Å². The van der Waals surface area contributed by atoms with Crippen LogP contribution in [0.1, 0.15) is 24.4 Å². The summed E-state index contributed by atoms with van der Waals surface area (Å²) in [6.45, 7) is 2.77. The van der Waals surface area contributed by atoms with E-state index >= 15 is 0 Å². The van der Waals surface area contributed by atoms with E-state index in [-0.39, 0.29) is 11.9 Å². The minimum Gasteiger partial charge on any atom is -0.497 e. The largest absolute Gasteiger partial charge is 0.497 e. The van der Waals surface area contributed by atoms with Crippen LogP contribution in [0.25, 0.3) is 0 Å². The summed E-state index contributed by atoms with van der Waals surface area (Å²) in [7, 11) is 1.63. The van der Waals surface area contributed by atoms with Gasteiger partial charge in [-0.2, -0.15) is 5.26 Å². The van der Waals surface area contributed by atoms with Crippen molar-refractivity contribution in [3.8, 4) is 11.8 Å². The summed E-state index contributed by atoms with van der Waals surface area (Å²) in [5, 5.41) is 9.57. The maximum absolute atomic E-state index is 12.2. The molecule has 24 heavy (non-hydrogen) atoms. The van der Waals surface area contributed by atoms with E-state index in [1.165, 1.54) is 12.8 Å². The van der Waals surface area contributed by atoms with Gasteiger partial charge in [-0.3, -0.25) is 9.69 Å². The van der Waals surface area contributed by atoms with E-state index in [1.54, 1.807) is 13.2 Å². The van der Waals surface area contributed by atoms with Crippen LogP contribution >= 0.6 is 0 Å². The molecule has 1 aromatic carbocycles. The minimum absolute atomic E-state index is 0.0968. The smallest absolute Gasteiger partial charge is 0.246 e. The van der Waals surface area contributed by atoms with Crippen molar-refractivity contribution < 1.29 is 9.53 Å². The Labute approximate surface area is 143 Å². The highest BCUT2D eigenvalue weighted by Gasteiger charge is 2.26. The number of methoxy groups -OCH3 is 1. The number of nitriles is 1. The van der Waals surface area contributed by atoms with Crippen LogP contribution in [0.15, 0.2) is 36.4 Å². The monoisotopic (exact) mass is 325 g/mol. The van der Waals surface area contributed by atoms with Crippen molar-refractivity contribution in [3.05, 3.63) is 42.0 Å². The summed E-state index contributed by atoms with van der Waals surface area (Å²) >= 11 is 0. The molecule has 2 fully saturated rings. The lowest BCUT2D eigenvalue weighted by molar-refractivity contribution is -0.127. The molecule has 126 valence electrons. The summed E-state index contributed by atoms with van der Waals surface area (Å²) in [5.41, 5.74) is 0.965. The third-order valence-electron chi connectivity index (χ3n) is 4.68. The van der Waals surface area contributed by atoms with Crippen LogP contribution in [0.3, 0.4) is 0 Å². The lowest BCUT2D eigenvalue weighted by atomic mass is 10.1. The SMILES string of the molecule is COc1ccc([C@@H](C#N)N2CCN(C(=O)/C=C\C3CC3)CC2)cc1. The molecule has 0 aromatic heterocycles. The van der Waals surface area contributed by atoms with Gasteiger partial charge in [0.2, 0.25) is 5.91 Å². The van der Waals surface area contributed by atoms with Crippen LogP contribution in [0.2, 0.25) is 0 Å². The van der Waals surface area contributed by atoms with E-state index in [9.17, 15) is 10.1 Å². The van der Waals surface area contributed by atoms with Gasteiger partial charge in [0.15, 0.2) is 0 Å². The maximum atomic E-state index is 12.2. The summed E-state index contributed by atoms with van der Waals surface area (Å²) in [6.07, 6.45) is 6.18. The molecular weight excluding hydrogens is 302 g/mol. The highest BCUT2D eigenvalue weighted by molar-refractivity contribution is 5.87. The number of carbonyl (C=O) groups is 1. The van der Waals surface area contributed by atoms with Crippen molar-refractivity contribution in [2.24, 2.45) is 5.92 Å². The lowest BCUT2D eigenvalue weighted by Crippen LogP contribution is -2.49. The quantitative estimate of drug-likeness (QED) is 0.780. The van der Waals surface area contributed by atoms with E-state index in [4.69, 9.17) is 4.74 Å². The highest BCUT2D eigenvalue weighted by Crippen LogP contribution is 2.30. The summed E-state index contributed by atoms with van der Waals surface area (Å²) < 4.78 is 5.17. The predicted octanol–water partition coefficient (Wildman–Crippen LogP) is 2.37. The Morgan fingerprint density at radius 3 is 2.46 bits per heavy atom. The molecule has 5 heteroatoms. The van der Waals surface area contributed by atoms with Gasteiger partial charge in [0.1, 0.15) is 11.8 Å². The van der Waals surface area contributed by atoms with Gasteiger partial charge >= 0.3 is 0 Å². The number of amides is 1. The number of hydrogen-bond acceptors (Lipinski definition) is 4. The summed E-state index contributed by atoms with van der Waals surface area (Å²) in [6, 6.07) is 9.72. The normalized spacial score (nSPS) is 19.9. The second-order valence-electron chi connectivity index (χ2n) is 6.36. The number of rotatable bonds is 5. The molecule has 0 bridgehead atoms. The standard InChI is InChI=1S/C19H23N3O2/c1-24-17-7-5-16(6-8-17)18(14-20)21-10-12-22(13-11-21)19(23)9-4-15-2-3-15/h4-9,15,18H,2-3,10-13H2,1H3/b9-4-/t18-/m1/s1. The second kappa shape index (κ2) is 7.50. The fraction of sp³-hybridized carbons (Fsp3) is 0.474. The average Bonchev–Trinajstić information content (AvgIpc) is 3.46. The third-order valence-corrected chi connectivity index (χ3v) is 4.68. The molecule has 0 N–H and O–H groups in total. The van der Waals surface area contributed by atoms with Crippen molar-refractivity contribution in [1.29, 1.82) is 5.26 Å². The van der Waals surface area contributed by atoms with Gasteiger partial charge in [-0.25, -0.2) is 0 Å². The number of carbonyl (C=O) groups excluding carboxylic acids is 1. The Morgan fingerprint density at radius 2 is 1.92 bits per heavy atom. The summed E-state index contributed by atoms with van der Waals surface area (Å²) in [4.78, 5) is 16.2. The van der Waals surface area contributed by atoms with Crippen molar-refractivity contribution in [3.63, 3.8) is 0 Å². The molecule has 3 rings (SSSR count). The molecule has 2 aliphatic rings. The first-order chi connectivity index (χ1) is 11.7. The van der Waals surface area contributed by atoms with Crippen molar-refractivity contribution in [2.45, 2.75) is 18.9 Å². The number of piperazine rings is 1. The van der Waals surface area contributed by atoms with Gasteiger partial charge in [-0.05, 0) is 42.5 Å². The number of benzene rings is 1. The number of allylic oxidation sites excluding steroid dienone is 1. The van der Waals surface area contributed by atoms with Crippen LogP contribution in [-0.2, 0) is 4.79 Å². The Hall–Kier alpha value is -2.32. The van der Waals surface area contributed by atoms with Gasteiger partial charge in [-0.15, -0.1) is 0 Å². The fourth-order valence-electron chi connectivity index (χ4n) is 2.97. The van der Waals surface area contributed by atoms with E-state index in [0.29, 0.717) is 32.1 Å². The zero-order valence-electron chi connectivity index (χ0n) is 14.0. The Morgan fingerprint density at radius 1 is 1.25 bits per heavy atom. The van der Waals surface area contributed by atoms with Crippen LogP contribution in [-0.4, -0.2) is 49.0 Å². The molecule has 1 aliphatic heterocycles. The molecule has 1 aromatic rings. The van der Waals surface area contributed by atoms with E-state index < -0.39 is 0 Å². The molecule has 1 amide bonds. The molecule has 0 unspecified atom stereocenters. The highest BCUT2D eigenvalue weighted by atomic mass is 16.5. The second-order valence-corrected chi connectivity index (χ2v) is 6.36. The Bertz CT molecular complexity index is 636. The average molecular weight is 325 g/mol. The zero-order chi connectivity index (χ0) is 16.9. The first kappa shape index (κ1) is 16.5. The molecule has 0 radical (unpaired) electrons. The number of nitrogens with zero attached hydrogens (tertiary/aromatic N) is 3. The zero-order valence-corrected chi connectivity index (χ0v) is 14.0. The van der Waals surface area contributed by atoms with Gasteiger partial charge in [-0.1, -0.05) is 18.2 Å². The minimum atomic E-state index is -0.282. The Balaban J connectivity index is 1.57. The first-order valence-corrected chi connectivity index (χ1v) is 8.46. The van der Waals surface area contributed by atoms with Crippen molar-refractivity contribution in [2.75, 3.05) is 33.3 Å². The first-order valence-electron chi connectivity index (χ1n) is 8.46. The topological polar surface area (TPSA) is 56.6 Å². The molecular formula is C19H23N3O2. The molecule has 1 saturated heterocycles. The predicted molar refractivity (Wildman–Crippen MR) is 91.4 cm³/mol. The molecule has 1 aliphatic carbocycles. The van der Waals surface area contributed by atoms with Crippen LogP contribution < -0.4 is 4.74 Å². The molecule has 1 atom stereocenters. The van der Waals surface area contributed by atoms with Gasteiger partial charge in [0, 0.05) is 26.2 Å². The maximum Gasteiger partial charge on any atom is 0.246 e. The van der Waals surface area contributed by atoms with Crippen LogP contribution in [0.5, 0.6) is 5.75 Å². The van der Waals surface area contributed by atoms with E-state index in [0.717, 1.165) is 11.3 Å². The Kier molecular flexibility index (Phi) is 5.17. The molecule has 1 heterocycles. The van der Waals surface area contributed by atoms with Crippen molar-refractivity contribution in [1.82, 2.24) is 9.80 Å². The number of ether oxygens (including phenoxy) is 1. The molecule has 1 saturated carbocycles. The van der Waals surface area contributed by atoms with Gasteiger partial charge < -0.3 is 9.64 Å². The third kappa shape index (κ3) is 3.95. The molecule has 5 nitrogen and oxygen atoms in total. The van der Waals surface area contributed by atoms with Crippen LogP contribution in [0.4, 0.5) is 0 Å². The van der Waals surface area contributed by atoms with Crippen LogP contribution in [0, 0.1) is 17.2 Å². The van der Waals surface area contributed by atoms with E-state index in [2.05, 4.69) is 11.0 Å².